The van der Waals surface area contributed by atoms with Gasteiger partial charge in [-0.25, -0.2) is 18.7 Å². The zero-order chi connectivity index (χ0) is 11.7. The van der Waals surface area contributed by atoms with Gasteiger partial charge in [-0.3, -0.25) is 0 Å². The quantitative estimate of drug-likeness (QED) is 0.804. The van der Waals surface area contributed by atoms with Crippen LogP contribution >= 0.6 is 0 Å². The first-order valence-corrected chi connectivity index (χ1v) is 5.18. The number of fused-ring (bicyclic) bond motifs is 1. The Labute approximate surface area is 92.1 Å². The maximum absolute atomic E-state index is 12.3. The second-order valence-corrected chi connectivity index (χ2v) is 4.02. The van der Waals surface area contributed by atoms with Gasteiger partial charge in [0.1, 0.15) is 5.52 Å². The molecular formula is C11H13F2N3. The summed E-state index contributed by atoms with van der Waals surface area (Å²) in [5, 5.41) is 0. The first kappa shape index (κ1) is 11.0. The Morgan fingerprint density at radius 2 is 2.06 bits per heavy atom. The minimum Gasteiger partial charge on any atom is -0.310 e. The van der Waals surface area contributed by atoms with E-state index in [1.807, 2.05) is 26.0 Å². The number of alkyl halides is 2. The highest BCUT2D eigenvalue weighted by Crippen LogP contribution is 2.17. The third-order valence-electron chi connectivity index (χ3n) is 2.41. The molecule has 0 bridgehead atoms. The third-order valence-corrected chi connectivity index (χ3v) is 2.41. The lowest BCUT2D eigenvalue weighted by Crippen LogP contribution is -2.06. The van der Waals surface area contributed by atoms with Crippen molar-refractivity contribution in [3.8, 4) is 0 Å². The van der Waals surface area contributed by atoms with Crippen molar-refractivity contribution in [1.82, 2.24) is 14.5 Å². The van der Waals surface area contributed by atoms with Crippen molar-refractivity contribution < 1.29 is 8.78 Å². The van der Waals surface area contributed by atoms with Gasteiger partial charge in [-0.2, -0.15) is 0 Å². The van der Waals surface area contributed by atoms with Gasteiger partial charge in [0.25, 0.3) is 6.43 Å². The average molecular weight is 225 g/mol. The topological polar surface area (TPSA) is 30.7 Å². The van der Waals surface area contributed by atoms with Crippen LogP contribution in [0.1, 0.15) is 25.5 Å². The Morgan fingerprint density at radius 3 is 2.69 bits per heavy atom. The minimum atomic E-state index is -2.39. The van der Waals surface area contributed by atoms with Gasteiger partial charge in [0.2, 0.25) is 0 Å². The second-order valence-electron chi connectivity index (χ2n) is 4.02. The first-order valence-electron chi connectivity index (χ1n) is 5.18. The number of hydrogen-bond acceptors (Lipinski definition) is 2. The van der Waals surface area contributed by atoms with E-state index < -0.39 is 6.43 Å². The maximum atomic E-state index is 12.3. The van der Waals surface area contributed by atoms with Crippen LogP contribution in [0.2, 0.25) is 0 Å². The van der Waals surface area contributed by atoms with Crippen LogP contribution in [0.15, 0.2) is 18.5 Å². The zero-order valence-electron chi connectivity index (χ0n) is 9.19. The zero-order valence-corrected chi connectivity index (χ0v) is 9.19. The fraction of sp³-hybridized carbons (Fsp3) is 0.455. The van der Waals surface area contributed by atoms with Gasteiger partial charge >= 0.3 is 0 Å². The SMILES string of the molecule is CC(C)c1ccc2ncn(CC(F)F)c2n1. The molecule has 0 saturated carbocycles. The molecular weight excluding hydrogens is 212 g/mol. The van der Waals surface area contributed by atoms with Gasteiger partial charge in [-0.1, -0.05) is 13.8 Å². The maximum Gasteiger partial charge on any atom is 0.256 e. The molecule has 0 N–H and O–H groups in total. The molecule has 0 aromatic carbocycles. The van der Waals surface area contributed by atoms with Crippen molar-refractivity contribution in [3.63, 3.8) is 0 Å². The molecule has 0 spiro atoms. The van der Waals surface area contributed by atoms with E-state index in [1.54, 1.807) is 0 Å². The summed E-state index contributed by atoms with van der Waals surface area (Å²) in [6, 6.07) is 3.70. The van der Waals surface area contributed by atoms with Crippen molar-refractivity contribution in [1.29, 1.82) is 0 Å². The standard InChI is InChI=1S/C11H13F2N3/c1-7(2)8-3-4-9-11(15-8)16(6-14-9)5-10(12)13/h3-4,6-7,10H,5H2,1-2H3. The van der Waals surface area contributed by atoms with Crippen LogP contribution in [0.3, 0.4) is 0 Å². The molecule has 2 aromatic heterocycles. The minimum absolute atomic E-state index is 0.277. The predicted octanol–water partition coefficient (Wildman–Crippen LogP) is 2.82. The fourth-order valence-electron chi connectivity index (χ4n) is 1.56. The van der Waals surface area contributed by atoms with E-state index in [0.717, 1.165) is 5.69 Å². The Hall–Kier alpha value is -1.52. The van der Waals surface area contributed by atoms with Gasteiger partial charge in [0.15, 0.2) is 5.65 Å². The summed E-state index contributed by atoms with van der Waals surface area (Å²) in [6.45, 7) is 3.68. The lowest BCUT2D eigenvalue weighted by molar-refractivity contribution is 0.128. The lowest BCUT2D eigenvalue weighted by Gasteiger charge is -2.06. The van der Waals surface area contributed by atoms with Gasteiger partial charge in [0.05, 0.1) is 12.9 Å². The van der Waals surface area contributed by atoms with Crippen LogP contribution in [0.25, 0.3) is 11.2 Å². The van der Waals surface area contributed by atoms with Crippen molar-refractivity contribution in [2.24, 2.45) is 0 Å². The fourth-order valence-corrected chi connectivity index (χ4v) is 1.56. The molecule has 16 heavy (non-hydrogen) atoms. The van der Waals surface area contributed by atoms with Gasteiger partial charge in [0, 0.05) is 5.69 Å². The summed E-state index contributed by atoms with van der Waals surface area (Å²) in [5.74, 6) is 0.277. The molecule has 2 rings (SSSR count). The van der Waals surface area contributed by atoms with Gasteiger partial charge in [-0.15, -0.1) is 0 Å². The Balaban J connectivity index is 2.47. The molecule has 2 aromatic rings. The normalized spacial score (nSPS) is 11.9. The number of rotatable bonds is 3. The summed E-state index contributed by atoms with van der Waals surface area (Å²) in [4.78, 5) is 8.39. The Morgan fingerprint density at radius 1 is 1.31 bits per heavy atom. The summed E-state index contributed by atoms with van der Waals surface area (Å²) in [7, 11) is 0. The molecule has 0 aliphatic carbocycles. The van der Waals surface area contributed by atoms with Crippen LogP contribution in [-0.4, -0.2) is 21.0 Å². The van der Waals surface area contributed by atoms with E-state index >= 15 is 0 Å². The second kappa shape index (κ2) is 4.15. The highest BCUT2D eigenvalue weighted by molar-refractivity contribution is 5.70. The summed E-state index contributed by atoms with van der Waals surface area (Å²) < 4.78 is 26.0. The number of aromatic nitrogens is 3. The van der Waals surface area contributed by atoms with E-state index in [2.05, 4.69) is 9.97 Å². The van der Waals surface area contributed by atoms with E-state index in [9.17, 15) is 8.78 Å². The summed E-state index contributed by atoms with van der Waals surface area (Å²) in [6.07, 6.45) is -0.976. The predicted molar refractivity (Wildman–Crippen MR) is 57.6 cm³/mol. The van der Waals surface area contributed by atoms with Crippen LogP contribution in [0.5, 0.6) is 0 Å². The third kappa shape index (κ3) is 2.03. The number of pyridine rings is 1. The van der Waals surface area contributed by atoms with Gasteiger partial charge < -0.3 is 4.57 Å². The van der Waals surface area contributed by atoms with E-state index in [4.69, 9.17) is 0 Å². The molecule has 3 nitrogen and oxygen atoms in total. The highest BCUT2D eigenvalue weighted by Gasteiger charge is 2.10. The van der Waals surface area contributed by atoms with Gasteiger partial charge in [-0.05, 0) is 18.1 Å². The lowest BCUT2D eigenvalue weighted by atomic mass is 10.1. The Bertz CT molecular complexity index is 491. The van der Waals surface area contributed by atoms with Crippen molar-refractivity contribution in [2.75, 3.05) is 0 Å². The van der Waals surface area contributed by atoms with Crippen molar-refractivity contribution in [3.05, 3.63) is 24.2 Å². The number of imidazole rings is 1. The molecule has 0 aliphatic heterocycles. The van der Waals surface area contributed by atoms with Crippen LogP contribution in [0.4, 0.5) is 8.78 Å². The molecule has 0 atom stereocenters. The largest absolute Gasteiger partial charge is 0.310 e. The summed E-state index contributed by atoms with van der Waals surface area (Å²) >= 11 is 0. The molecule has 0 amide bonds. The van der Waals surface area contributed by atoms with Crippen molar-refractivity contribution in [2.45, 2.75) is 32.7 Å². The van der Waals surface area contributed by atoms with E-state index in [-0.39, 0.29) is 12.5 Å². The molecule has 0 aliphatic rings. The monoisotopic (exact) mass is 225 g/mol. The van der Waals surface area contributed by atoms with E-state index in [0.29, 0.717) is 11.2 Å². The number of hydrogen-bond donors (Lipinski definition) is 0. The van der Waals surface area contributed by atoms with Crippen LogP contribution in [0, 0.1) is 0 Å². The first-order chi connectivity index (χ1) is 7.58. The Kier molecular flexibility index (Phi) is 2.85. The molecule has 0 radical (unpaired) electrons. The molecule has 2 heterocycles. The highest BCUT2D eigenvalue weighted by atomic mass is 19.3. The molecule has 0 saturated heterocycles. The summed E-state index contributed by atoms with van der Waals surface area (Å²) in [5.41, 5.74) is 2.08. The number of nitrogens with zero attached hydrogens (tertiary/aromatic N) is 3. The number of halogens is 2. The molecule has 86 valence electrons. The molecule has 0 unspecified atom stereocenters. The van der Waals surface area contributed by atoms with Crippen LogP contribution < -0.4 is 0 Å². The van der Waals surface area contributed by atoms with Crippen molar-refractivity contribution >= 4 is 11.2 Å². The van der Waals surface area contributed by atoms with Crippen LogP contribution in [-0.2, 0) is 6.54 Å². The molecule has 5 heteroatoms. The van der Waals surface area contributed by atoms with E-state index in [1.165, 1.54) is 10.9 Å². The smallest absolute Gasteiger partial charge is 0.256 e. The average Bonchev–Trinajstić information content (AvgIpc) is 2.60. The molecule has 0 fully saturated rings.